The summed E-state index contributed by atoms with van der Waals surface area (Å²) in [5, 5.41) is 8.58. The van der Waals surface area contributed by atoms with Crippen LogP contribution in [0.3, 0.4) is 0 Å². The second-order valence-electron chi connectivity index (χ2n) is 6.49. The third-order valence-electron chi connectivity index (χ3n) is 4.36. The zero-order chi connectivity index (χ0) is 20.1. The maximum Gasteiger partial charge on any atom is 0.338 e. The normalized spacial score (nSPS) is 15.8. The van der Waals surface area contributed by atoms with Gasteiger partial charge >= 0.3 is 5.97 Å². The van der Waals surface area contributed by atoms with Crippen LogP contribution in [0.25, 0.3) is 0 Å². The van der Waals surface area contributed by atoms with E-state index in [2.05, 4.69) is 22.3 Å². The fourth-order valence-corrected chi connectivity index (χ4v) is 3.70. The number of nitrogens with one attached hydrogen (secondary N) is 1. The van der Waals surface area contributed by atoms with Gasteiger partial charge in [-0.15, -0.1) is 5.10 Å². The molecule has 7 nitrogen and oxygen atoms in total. The van der Waals surface area contributed by atoms with Crippen LogP contribution in [0.5, 0.6) is 5.75 Å². The van der Waals surface area contributed by atoms with Crippen LogP contribution in [0.2, 0.25) is 0 Å². The highest BCUT2D eigenvalue weighted by atomic mass is 32.2. The predicted octanol–water partition coefficient (Wildman–Crippen LogP) is 4.03. The lowest BCUT2D eigenvalue weighted by atomic mass is 9.96. The van der Waals surface area contributed by atoms with Gasteiger partial charge in [-0.1, -0.05) is 37.7 Å². The molecule has 0 bridgehead atoms. The molecular weight excluding hydrogens is 376 g/mol. The molecule has 1 N–H and O–H groups in total. The number of esters is 1. The van der Waals surface area contributed by atoms with E-state index >= 15 is 0 Å². The number of carbonyl (C=O) groups is 1. The number of thioether (sulfide) groups is 1. The molecule has 150 valence electrons. The Morgan fingerprint density at radius 1 is 1.25 bits per heavy atom. The fourth-order valence-electron chi connectivity index (χ4n) is 3.02. The van der Waals surface area contributed by atoms with E-state index in [4.69, 9.17) is 9.47 Å². The van der Waals surface area contributed by atoms with Gasteiger partial charge in [-0.2, -0.15) is 4.98 Å². The molecule has 0 aliphatic carbocycles. The Bertz CT molecular complexity index is 861. The highest BCUT2D eigenvalue weighted by Gasteiger charge is 2.35. The number of fused-ring (bicyclic) bond motifs is 1. The first-order valence-corrected chi connectivity index (χ1v) is 10.5. The average molecular weight is 403 g/mol. The van der Waals surface area contributed by atoms with Crippen LogP contribution in [0.4, 0.5) is 5.95 Å². The van der Waals surface area contributed by atoms with Crippen molar-refractivity contribution in [3.8, 4) is 5.75 Å². The third-order valence-corrected chi connectivity index (χ3v) is 5.40. The Hall–Kier alpha value is -2.48. The van der Waals surface area contributed by atoms with E-state index in [1.807, 2.05) is 38.1 Å². The standard InChI is InChI=1S/C20H26N4O3S/c1-5-11-27-18(25)16-13(3)21-19-22-20(28-12-6-2)23-24(19)17(16)14-7-9-15(26-4)10-8-14/h7-10,17H,5-6,11-12H2,1-4H3,(H,21,22,23). The summed E-state index contributed by atoms with van der Waals surface area (Å²) >= 11 is 1.60. The maximum absolute atomic E-state index is 12.9. The second-order valence-corrected chi connectivity index (χ2v) is 7.55. The molecule has 1 aromatic heterocycles. The lowest BCUT2D eigenvalue weighted by Gasteiger charge is -2.28. The van der Waals surface area contributed by atoms with Crippen LogP contribution in [-0.2, 0) is 9.53 Å². The molecule has 0 fully saturated rings. The van der Waals surface area contributed by atoms with Crippen molar-refractivity contribution in [3.63, 3.8) is 0 Å². The Balaban J connectivity index is 2.04. The summed E-state index contributed by atoms with van der Waals surface area (Å²) in [4.78, 5) is 17.4. The van der Waals surface area contributed by atoms with Gasteiger partial charge in [0.05, 0.1) is 19.3 Å². The molecule has 8 heteroatoms. The number of allylic oxidation sites excluding steroid dienone is 1. The molecule has 0 saturated carbocycles. The third kappa shape index (κ3) is 4.16. The molecule has 1 aliphatic heterocycles. The Morgan fingerprint density at radius 3 is 2.64 bits per heavy atom. The second kappa shape index (κ2) is 9.14. The molecule has 0 saturated heterocycles. The van der Waals surface area contributed by atoms with Crippen LogP contribution in [-0.4, -0.2) is 40.2 Å². The van der Waals surface area contributed by atoms with E-state index in [1.165, 1.54) is 0 Å². The van der Waals surface area contributed by atoms with Crippen LogP contribution in [0.1, 0.15) is 45.2 Å². The summed E-state index contributed by atoms with van der Waals surface area (Å²) < 4.78 is 12.5. The molecule has 3 rings (SSSR count). The van der Waals surface area contributed by atoms with Crippen molar-refractivity contribution in [1.29, 1.82) is 0 Å². The number of benzene rings is 1. The van der Waals surface area contributed by atoms with Gasteiger partial charge < -0.3 is 14.8 Å². The highest BCUT2D eigenvalue weighted by Crippen LogP contribution is 2.37. The van der Waals surface area contributed by atoms with Crippen LogP contribution >= 0.6 is 11.8 Å². The number of methoxy groups -OCH3 is 1. The summed E-state index contributed by atoms with van der Waals surface area (Å²) in [6.07, 6.45) is 1.81. The largest absolute Gasteiger partial charge is 0.497 e. The lowest BCUT2D eigenvalue weighted by Crippen LogP contribution is -2.29. The molecule has 2 aromatic rings. The van der Waals surface area contributed by atoms with Crippen LogP contribution < -0.4 is 10.1 Å². The Morgan fingerprint density at radius 2 is 2.00 bits per heavy atom. The number of aromatic nitrogens is 3. The van der Waals surface area contributed by atoms with Gasteiger partial charge in [-0.25, -0.2) is 9.48 Å². The van der Waals surface area contributed by atoms with Crippen molar-refractivity contribution in [2.75, 3.05) is 24.8 Å². The van der Waals surface area contributed by atoms with E-state index in [9.17, 15) is 4.79 Å². The number of ether oxygens (including phenoxy) is 2. The maximum atomic E-state index is 12.9. The van der Waals surface area contributed by atoms with Crippen LogP contribution in [0.15, 0.2) is 40.7 Å². The number of nitrogens with zero attached hydrogens (tertiary/aromatic N) is 3. The number of anilines is 1. The zero-order valence-corrected chi connectivity index (χ0v) is 17.5. The van der Waals surface area contributed by atoms with E-state index < -0.39 is 6.04 Å². The van der Waals surface area contributed by atoms with E-state index in [0.29, 0.717) is 23.3 Å². The van der Waals surface area contributed by atoms with Gasteiger partial charge in [0.15, 0.2) is 0 Å². The fraction of sp³-hybridized carbons (Fsp3) is 0.450. The topological polar surface area (TPSA) is 78.3 Å². The van der Waals surface area contributed by atoms with E-state index in [-0.39, 0.29) is 5.97 Å². The van der Waals surface area contributed by atoms with Crippen molar-refractivity contribution in [1.82, 2.24) is 14.8 Å². The summed E-state index contributed by atoms with van der Waals surface area (Å²) in [5.41, 5.74) is 2.19. The number of rotatable bonds is 8. The number of carbonyl (C=O) groups excluding carboxylic acids is 1. The molecule has 2 heterocycles. The summed E-state index contributed by atoms with van der Waals surface area (Å²) in [5.74, 6) is 1.99. The van der Waals surface area contributed by atoms with Crippen molar-refractivity contribution in [2.24, 2.45) is 0 Å². The molecule has 1 aliphatic rings. The molecule has 1 aromatic carbocycles. The lowest BCUT2D eigenvalue weighted by molar-refractivity contribution is -0.139. The molecule has 1 unspecified atom stereocenters. The Kier molecular flexibility index (Phi) is 6.61. The van der Waals surface area contributed by atoms with Gasteiger partial charge in [0.1, 0.15) is 11.8 Å². The molecule has 0 radical (unpaired) electrons. The predicted molar refractivity (Wildman–Crippen MR) is 110 cm³/mol. The minimum absolute atomic E-state index is 0.337. The SMILES string of the molecule is CCCOC(=O)C1=C(C)Nc2nc(SCCC)nn2C1c1ccc(OC)cc1. The van der Waals surface area contributed by atoms with Gasteiger partial charge in [0.25, 0.3) is 0 Å². The van der Waals surface area contributed by atoms with Gasteiger partial charge in [-0.3, -0.25) is 0 Å². The first-order chi connectivity index (χ1) is 13.6. The van der Waals surface area contributed by atoms with Crippen molar-refractivity contribution >= 4 is 23.7 Å². The molecule has 1 atom stereocenters. The van der Waals surface area contributed by atoms with Gasteiger partial charge in [-0.05, 0) is 37.5 Å². The van der Waals surface area contributed by atoms with Gasteiger partial charge in [0.2, 0.25) is 11.1 Å². The van der Waals surface area contributed by atoms with E-state index in [1.54, 1.807) is 23.6 Å². The van der Waals surface area contributed by atoms with Crippen molar-refractivity contribution in [3.05, 3.63) is 41.1 Å². The summed E-state index contributed by atoms with van der Waals surface area (Å²) in [6.45, 7) is 6.35. The highest BCUT2D eigenvalue weighted by molar-refractivity contribution is 7.99. The summed E-state index contributed by atoms with van der Waals surface area (Å²) in [6, 6.07) is 7.24. The first-order valence-electron chi connectivity index (χ1n) is 9.47. The number of hydrogen-bond acceptors (Lipinski definition) is 7. The quantitative estimate of drug-likeness (QED) is 0.527. The molecule has 0 spiro atoms. The zero-order valence-electron chi connectivity index (χ0n) is 16.7. The minimum Gasteiger partial charge on any atom is -0.497 e. The smallest absolute Gasteiger partial charge is 0.338 e. The monoisotopic (exact) mass is 402 g/mol. The molecule has 28 heavy (non-hydrogen) atoms. The van der Waals surface area contributed by atoms with Crippen molar-refractivity contribution in [2.45, 2.75) is 44.8 Å². The average Bonchev–Trinajstić information content (AvgIpc) is 3.11. The molecule has 0 amide bonds. The first kappa shape index (κ1) is 20.3. The van der Waals surface area contributed by atoms with E-state index in [0.717, 1.165) is 35.6 Å². The molecular formula is C20H26N4O3S. The minimum atomic E-state index is -0.407. The van der Waals surface area contributed by atoms with Gasteiger partial charge in [0, 0.05) is 11.4 Å². The van der Waals surface area contributed by atoms with Crippen LogP contribution in [0, 0.1) is 0 Å². The van der Waals surface area contributed by atoms with Crippen molar-refractivity contribution < 1.29 is 14.3 Å². The Labute approximate surface area is 169 Å². The summed E-state index contributed by atoms with van der Waals surface area (Å²) in [7, 11) is 1.63. The number of hydrogen-bond donors (Lipinski definition) is 1.